The van der Waals surface area contributed by atoms with Crippen LogP contribution in [0.4, 0.5) is 5.69 Å². The molecule has 0 aromatic heterocycles. The number of anilines is 1. The van der Waals surface area contributed by atoms with Crippen LogP contribution < -0.4 is 15.5 Å². The third kappa shape index (κ3) is 5.02. The third-order valence-electron chi connectivity index (χ3n) is 9.52. The molecular weight excluding hydrogens is 492 g/mol. The van der Waals surface area contributed by atoms with Crippen LogP contribution in [0.2, 0.25) is 0 Å². The first kappa shape index (κ1) is 27.8. The van der Waals surface area contributed by atoms with Crippen LogP contribution in [0.3, 0.4) is 0 Å². The summed E-state index contributed by atoms with van der Waals surface area (Å²) in [5.74, 6) is -1.04. The maximum Gasteiger partial charge on any atom is 0.246 e. The van der Waals surface area contributed by atoms with Gasteiger partial charge in [-0.25, -0.2) is 0 Å². The van der Waals surface area contributed by atoms with Gasteiger partial charge < -0.3 is 25.2 Å². The Morgan fingerprint density at radius 3 is 2.51 bits per heavy atom. The number of benzene rings is 1. The Balaban J connectivity index is 1.43. The number of amides is 3. The minimum absolute atomic E-state index is 0.0751. The molecule has 5 rings (SSSR count). The lowest BCUT2D eigenvalue weighted by molar-refractivity contribution is -0.858. The van der Waals surface area contributed by atoms with Crippen molar-refractivity contribution in [2.24, 2.45) is 23.7 Å². The van der Waals surface area contributed by atoms with Crippen molar-refractivity contribution in [1.29, 1.82) is 0 Å². The number of aryl methyl sites for hydroxylation is 2. The number of likely N-dealkylation sites (tertiary alicyclic amines) is 1. The molecule has 3 aliphatic heterocycles. The van der Waals surface area contributed by atoms with Gasteiger partial charge in [0.1, 0.15) is 11.6 Å². The molecule has 2 bridgehead atoms. The SMILES string of the molecule is Cc1cc(C)cc(NC(=O)C2C3C=CC4(O3)C2C(=O)N(CCC[NH+](C)C)C4C(=O)NC2CCCC(C)C2C)c1. The maximum absolute atomic E-state index is 14.1. The molecule has 1 saturated carbocycles. The Hall–Kier alpha value is -2.71. The lowest BCUT2D eigenvalue weighted by Gasteiger charge is -2.38. The lowest BCUT2D eigenvalue weighted by atomic mass is 9.73. The van der Waals surface area contributed by atoms with Gasteiger partial charge in [0.05, 0.1) is 38.6 Å². The summed E-state index contributed by atoms with van der Waals surface area (Å²) in [4.78, 5) is 44.8. The second-order valence-corrected chi connectivity index (χ2v) is 12.8. The summed E-state index contributed by atoms with van der Waals surface area (Å²) in [6.45, 7) is 9.78. The largest absolute Gasteiger partial charge is 0.359 e. The Labute approximate surface area is 232 Å². The fraction of sp³-hybridized carbons (Fsp3) is 0.645. The van der Waals surface area contributed by atoms with Crippen molar-refractivity contribution in [2.75, 3.05) is 32.5 Å². The highest BCUT2D eigenvalue weighted by molar-refractivity contribution is 6.02. The fourth-order valence-electron chi connectivity index (χ4n) is 7.43. The standard InChI is InChI=1S/C31H44N4O4/c1-18-15-19(2)17-22(16-18)32-28(36)25-24-11-12-31(39-24)26(25)30(38)35(14-8-13-34(5)6)27(31)29(37)33-23-10-7-9-20(3)21(23)4/h11-12,15-17,20-21,23-27H,7-10,13-14H2,1-6H3,(H,32,36)(H,33,37)/p+1. The molecule has 2 saturated heterocycles. The second-order valence-electron chi connectivity index (χ2n) is 12.8. The van der Waals surface area contributed by atoms with E-state index in [-0.39, 0.29) is 23.8 Å². The highest BCUT2D eigenvalue weighted by Gasteiger charge is 2.72. The molecule has 0 radical (unpaired) electrons. The van der Waals surface area contributed by atoms with Crippen LogP contribution in [0.25, 0.3) is 0 Å². The molecule has 8 heteroatoms. The molecule has 1 aliphatic carbocycles. The Kier molecular flexibility index (Phi) is 7.63. The number of nitrogens with one attached hydrogen (secondary N) is 3. The molecule has 212 valence electrons. The van der Waals surface area contributed by atoms with Gasteiger partial charge in [-0.05, 0) is 55.4 Å². The van der Waals surface area contributed by atoms with E-state index >= 15 is 0 Å². The van der Waals surface area contributed by atoms with Gasteiger partial charge >= 0.3 is 0 Å². The van der Waals surface area contributed by atoms with Crippen molar-refractivity contribution in [1.82, 2.24) is 10.2 Å². The average Bonchev–Trinajstić information content (AvgIpc) is 3.49. The van der Waals surface area contributed by atoms with Crippen LogP contribution >= 0.6 is 0 Å². The first-order valence-corrected chi connectivity index (χ1v) is 14.7. The predicted molar refractivity (Wildman–Crippen MR) is 150 cm³/mol. The molecule has 1 aromatic carbocycles. The topological polar surface area (TPSA) is 92.2 Å². The van der Waals surface area contributed by atoms with Crippen LogP contribution in [0, 0.1) is 37.5 Å². The molecule has 8 atom stereocenters. The zero-order chi connectivity index (χ0) is 28.1. The van der Waals surface area contributed by atoms with Crippen molar-refractivity contribution in [3.8, 4) is 0 Å². The van der Waals surface area contributed by atoms with Gasteiger partial charge in [0.25, 0.3) is 0 Å². The van der Waals surface area contributed by atoms with E-state index in [0.717, 1.165) is 36.9 Å². The molecule has 4 aliphatic rings. The van der Waals surface area contributed by atoms with Gasteiger partial charge in [0, 0.05) is 24.7 Å². The molecule has 8 nitrogen and oxygen atoms in total. The number of nitrogens with zero attached hydrogens (tertiary/aromatic N) is 1. The Morgan fingerprint density at radius 2 is 1.82 bits per heavy atom. The zero-order valence-electron chi connectivity index (χ0n) is 24.3. The quantitative estimate of drug-likeness (QED) is 0.442. The van der Waals surface area contributed by atoms with Gasteiger partial charge in [-0.15, -0.1) is 0 Å². The van der Waals surface area contributed by atoms with E-state index in [9.17, 15) is 14.4 Å². The number of ether oxygens (including phenoxy) is 1. The fourth-order valence-corrected chi connectivity index (χ4v) is 7.43. The molecule has 3 N–H and O–H groups in total. The molecule has 3 amide bonds. The first-order chi connectivity index (χ1) is 18.5. The molecule has 8 unspecified atom stereocenters. The van der Waals surface area contributed by atoms with Gasteiger partial charge in [-0.1, -0.05) is 44.9 Å². The molecule has 3 heterocycles. The van der Waals surface area contributed by atoms with Crippen LogP contribution in [0.15, 0.2) is 30.4 Å². The molecule has 3 fully saturated rings. The zero-order valence-corrected chi connectivity index (χ0v) is 24.3. The minimum atomic E-state index is -1.12. The predicted octanol–water partition coefficient (Wildman–Crippen LogP) is 1.87. The summed E-state index contributed by atoms with van der Waals surface area (Å²) in [7, 11) is 4.16. The highest BCUT2D eigenvalue weighted by atomic mass is 16.5. The van der Waals surface area contributed by atoms with E-state index in [0.29, 0.717) is 24.1 Å². The van der Waals surface area contributed by atoms with E-state index in [1.54, 1.807) is 4.90 Å². The van der Waals surface area contributed by atoms with Crippen LogP contribution in [-0.2, 0) is 19.1 Å². The Morgan fingerprint density at radius 1 is 1.10 bits per heavy atom. The van der Waals surface area contributed by atoms with Gasteiger partial charge in [-0.2, -0.15) is 0 Å². The number of carbonyl (C=O) groups excluding carboxylic acids is 3. The maximum atomic E-state index is 14.1. The summed E-state index contributed by atoms with van der Waals surface area (Å²) < 4.78 is 6.50. The summed E-state index contributed by atoms with van der Waals surface area (Å²) in [5.41, 5.74) is 1.70. The lowest BCUT2D eigenvalue weighted by Crippen LogP contribution is -3.05. The van der Waals surface area contributed by atoms with E-state index in [1.165, 1.54) is 11.3 Å². The van der Waals surface area contributed by atoms with Crippen LogP contribution in [0.1, 0.15) is 50.7 Å². The smallest absolute Gasteiger partial charge is 0.246 e. The van der Waals surface area contributed by atoms with E-state index in [1.807, 2.05) is 38.1 Å². The van der Waals surface area contributed by atoms with Crippen molar-refractivity contribution >= 4 is 23.4 Å². The minimum Gasteiger partial charge on any atom is -0.359 e. The van der Waals surface area contributed by atoms with Crippen molar-refractivity contribution in [3.63, 3.8) is 0 Å². The molecule has 1 aromatic rings. The summed E-state index contributed by atoms with van der Waals surface area (Å²) >= 11 is 0. The van der Waals surface area contributed by atoms with Gasteiger partial charge in [0.15, 0.2) is 0 Å². The number of fused-ring (bicyclic) bond motifs is 1. The molecule has 39 heavy (non-hydrogen) atoms. The van der Waals surface area contributed by atoms with E-state index in [2.05, 4.69) is 44.6 Å². The van der Waals surface area contributed by atoms with Crippen molar-refractivity contribution < 1.29 is 24.0 Å². The second kappa shape index (κ2) is 10.7. The summed E-state index contributed by atoms with van der Waals surface area (Å²) in [6, 6.07) is 5.21. The molecular formula is C31H45N4O4+. The molecule has 1 spiro atoms. The normalized spacial score (nSPS) is 35.0. The highest BCUT2D eigenvalue weighted by Crippen LogP contribution is 2.55. The van der Waals surface area contributed by atoms with Crippen molar-refractivity contribution in [2.45, 2.75) is 77.2 Å². The number of hydrogen-bond donors (Lipinski definition) is 3. The van der Waals surface area contributed by atoms with Crippen molar-refractivity contribution in [3.05, 3.63) is 41.5 Å². The van der Waals surface area contributed by atoms with Gasteiger partial charge in [-0.3, -0.25) is 14.4 Å². The first-order valence-electron chi connectivity index (χ1n) is 14.7. The number of quaternary nitrogens is 1. The van der Waals surface area contributed by atoms with E-state index in [4.69, 9.17) is 4.74 Å². The van der Waals surface area contributed by atoms with Gasteiger partial charge in [0.2, 0.25) is 17.7 Å². The average molecular weight is 538 g/mol. The van der Waals surface area contributed by atoms with E-state index < -0.39 is 29.6 Å². The van der Waals surface area contributed by atoms with Crippen LogP contribution in [0.5, 0.6) is 0 Å². The third-order valence-corrected chi connectivity index (χ3v) is 9.52. The summed E-state index contributed by atoms with van der Waals surface area (Å²) in [6.07, 6.45) is 7.22. The number of hydrogen-bond acceptors (Lipinski definition) is 4. The monoisotopic (exact) mass is 537 g/mol. The Bertz CT molecular complexity index is 1140. The number of rotatable bonds is 8. The summed E-state index contributed by atoms with van der Waals surface area (Å²) in [5, 5.41) is 6.37. The number of carbonyl (C=O) groups is 3. The van der Waals surface area contributed by atoms with Crippen LogP contribution in [-0.4, -0.2) is 73.6 Å².